The fraction of sp³-hybridized carbons (Fsp3) is 0.632. The van der Waals surface area contributed by atoms with Crippen LogP contribution in [0.5, 0.6) is 0 Å². The Labute approximate surface area is 154 Å². The Morgan fingerprint density at radius 1 is 1.19 bits per heavy atom. The van der Waals surface area contributed by atoms with Gasteiger partial charge in [0.15, 0.2) is 5.82 Å². The third kappa shape index (κ3) is 4.72. The maximum Gasteiger partial charge on any atom is 0.410 e. The van der Waals surface area contributed by atoms with Gasteiger partial charge in [-0.15, -0.1) is 10.2 Å². The fourth-order valence-electron chi connectivity index (χ4n) is 3.15. The summed E-state index contributed by atoms with van der Waals surface area (Å²) in [6.07, 6.45) is 3.84. The summed E-state index contributed by atoms with van der Waals surface area (Å²) in [7, 11) is 0. The average molecular weight is 360 g/mol. The van der Waals surface area contributed by atoms with Gasteiger partial charge in [0.1, 0.15) is 5.60 Å². The minimum atomic E-state index is -0.479. The molecule has 2 aliphatic heterocycles. The van der Waals surface area contributed by atoms with Gasteiger partial charge >= 0.3 is 6.09 Å². The lowest BCUT2D eigenvalue weighted by atomic mass is 10.0. The molecule has 0 unspecified atom stereocenters. The van der Waals surface area contributed by atoms with Crippen LogP contribution in [0.25, 0.3) is 5.57 Å². The average Bonchev–Trinajstić information content (AvgIpc) is 2.61. The number of aromatic nitrogens is 2. The smallest absolute Gasteiger partial charge is 0.410 e. The first kappa shape index (κ1) is 18.6. The lowest BCUT2D eigenvalue weighted by Gasteiger charge is -2.30. The lowest BCUT2D eigenvalue weighted by Crippen LogP contribution is -2.39. The highest BCUT2D eigenvalue weighted by Crippen LogP contribution is 2.23. The molecule has 1 N–H and O–H groups in total. The van der Waals surface area contributed by atoms with E-state index in [9.17, 15) is 9.90 Å². The predicted octanol–water partition coefficient (Wildman–Crippen LogP) is 2.46. The van der Waals surface area contributed by atoms with E-state index in [1.807, 2.05) is 39.0 Å². The molecule has 142 valence electrons. The van der Waals surface area contributed by atoms with E-state index < -0.39 is 5.60 Å². The maximum absolute atomic E-state index is 12.1. The molecule has 0 atom stereocenters. The summed E-state index contributed by atoms with van der Waals surface area (Å²) in [5, 5.41) is 18.3. The van der Waals surface area contributed by atoms with Crippen molar-refractivity contribution < 1.29 is 14.6 Å². The van der Waals surface area contributed by atoms with E-state index in [1.54, 1.807) is 4.90 Å². The van der Waals surface area contributed by atoms with Crippen LogP contribution < -0.4 is 4.90 Å². The molecule has 3 heterocycles. The molecular weight excluding hydrogens is 332 g/mol. The molecule has 1 saturated heterocycles. The standard InChI is InChI=1S/C19H28N4O3/c1-19(2,3)26-18(25)23-10-6-14(7-11-23)16-4-5-17(21-20-16)22-12-8-15(24)9-13-22/h4-6,15,24H,7-13H2,1-3H3. The maximum atomic E-state index is 12.1. The van der Waals surface area contributed by atoms with Crippen LogP contribution in [0.4, 0.5) is 10.6 Å². The Morgan fingerprint density at radius 3 is 2.46 bits per heavy atom. The summed E-state index contributed by atoms with van der Waals surface area (Å²) in [5.41, 5.74) is 1.49. The second-order valence-electron chi connectivity index (χ2n) is 7.90. The van der Waals surface area contributed by atoms with E-state index in [0.717, 1.165) is 49.4 Å². The minimum absolute atomic E-state index is 0.196. The number of hydrogen-bond donors (Lipinski definition) is 1. The molecule has 1 fully saturated rings. The molecule has 0 aromatic carbocycles. The zero-order chi connectivity index (χ0) is 18.7. The Morgan fingerprint density at radius 2 is 1.92 bits per heavy atom. The molecule has 0 spiro atoms. The molecule has 1 amide bonds. The van der Waals surface area contributed by atoms with Crippen LogP contribution in [-0.2, 0) is 4.74 Å². The number of aliphatic hydroxyl groups is 1. The van der Waals surface area contributed by atoms with Gasteiger partial charge in [0, 0.05) is 26.2 Å². The molecule has 0 saturated carbocycles. The normalized spacial score (nSPS) is 19.3. The van der Waals surface area contributed by atoms with E-state index >= 15 is 0 Å². The van der Waals surface area contributed by atoms with Gasteiger partial charge in [-0.25, -0.2) is 4.79 Å². The summed E-state index contributed by atoms with van der Waals surface area (Å²) in [6.45, 7) is 8.38. The van der Waals surface area contributed by atoms with E-state index in [1.165, 1.54) is 0 Å². The van der Waals surface area contributed by atoms with Gasteiger partial charge in [-0.1, -0.05) is 6.08 Å². The fourth-order valence-corrected chi connectivity index (χ4v) is 3.15. The molecule has 3 rings (SSSR count). The van der Waals surface area contributed by atoms with Crippen LogP contribution in [0.3, 0.4) is 0 Å². The third-order valence-electron chi connectivity index (χ3n) is 4.63. The predicted molar refractivity (Wildman–Crippen MR) is 99.9 cm³/mol. The SMILES string of the molecule is CC(C)(C)OC(=O)N1CC=C(c2ccc(N3CCC(O)CC3)nn2)CC1. The van der Waals surface area contributed by atoms with Crippen LogP contribution >= 0.6 is 0 Å². The Hall–Kier alpha value is -2.15. The molecule has 2 aliphatic rings. The number of carbonyl (C=O) groups is 1. The number of amides is 1. The summed E-state index contributed by atoms with van der Waals surface area (Å²) < 4.78 is 5.42. The van der Waals surface area contributed by atoms with Crippen LogP contribution in [0.2, 0.25) is 0 Å². The number of nitrogens with zero attached hydrogens (tertiary/aromatic N) is 4. The van der Waals surface area contributed by atoms with Crippen molar-refractivity contribution in [3.8, 4) is 0 Å². The first-order chi connectivity index (χ1) is 12.3. The molecule has 0 bridgehead atoms. The Bertz CT molecular complexity index is 658. The topological polar surface area (TPSA) is 78.8 Å². The van der Waals surface area contributed by atoms with Crippen LogP contribution in [0, 0.1) is 0 Å². The first-order valence-corrected chi connectivity index (χ1v) is 9.26. The van der Waals surface area contributed by atoms with Crippen molar-refractivity contribution >= 4 is 17.5 Å². The second kappa shape index (κ2) is 7.61. The number of carbonyl (C=O) groups excluding carboxylic acids is 1. The van der Waals surface area contributed by atoms with Crippen molar-refractivity contribution in [1.82, 2.24) is 15.1 Å². The lowest BCUT2D eigenvalue weighted by molar-refractivity contribution is 0.0270. The number of anilines is 1. The molecule has 0 radical (unpaired) electrons. The van der Waals surface area contributed by atoms with Gasteiger partial charge in [-0.05, 0) is 57.7 Å². The van der Waals surface area contributed by atoms with E-state index in [2.05, 4.69) is 15.1 Å². The van der Waals surface area contributed by atoms with Crippen molar-refractivity contribution in [1.29, 1.82) is 0 Å². The Balaban J connectivity index is 1.59. The van der Waals surface area contributed by atoms with Crippen LogP contribution in [0.1, 0.15) is 45.7 Å². The summed E-state index contributed by atoms with van der Waals surface area (Å²) in [5.74, 6) is 0.854. The number of aliphatic hydroxyl groups excluding tert-OH is 1. The quantitative estimate of drug-likeness (QED) is 0.873. The van der Waals surface area contributed by atoms with Crippen molar-refractivity contribution in [2.45, 2.75) is 51.7 Å². The van der Waals surface area contributed by atoms with E-state index in [0.29, 0.717) is 13.1 Å². The van der Waals surface area contributed by atoms with Gasteiger partial charge < -0.3 is 19.6 Å². The van der Waals surface area contributed by atoms with Crippen molar-refractivity contribution in [3.63, 3.8) is 0 Å². The van der Waals surface area contributed by atoms with Crippen LogP contribution in [-0.4, -0.2) is 64.2 Å². The summed E-state index contributed by atoms with van der Waals surface area (Å²) in [4.78, 5) is 16.0. The van der Waals surface area contributed by atoms with Crippen LogP contribution in [0.15, 0.2) is 18.2 Å². The minimum Gasteiger partial charge on any atom is -0.444 e. The zero-order valence-electron chi connectivity index (χ0n) is 15.8. The molecule has 1 aromatic heterocycles. The van der Waals surface area contributed by atoms with Gasteiger partial charge in [0.2, 0.25) is 0 Å². The number of hydrogen-bond acceptors (Lipinski definition) is 6. The molecular formula is C19H28N4O3. The monoisotopic (exact) mass is 360 g/mol. The third-order valence-corrected chi connectivity index (χ3v) is 4.63. The van der Waals surface area contributed by atoms with Gasteiger partial charge in [0.05, 0.1) is 11.8 Å². The molecule has 7 nitrogen and oxygen atoms in total. The second-order valence-corrected chi connectivity index (χ2v) is 7.90. The highest BCUT2D eigenvalue weighted by atomic mass is 16.6. The van der Waals surface area contributed by atoms with Gasteiger partial charge in [0.25, 0.3) is 0 Å². The number of ether oxygens (including phenoxy) is 1. The number of rotatable bonds is 2. The summed E-state index contributed by atoms with van der Waals surface area (Å²) >= 11 is 0. The zero-order valence-corrected chi connectivity index (χ0v) is 15.8. The van der Waals surface area contributed by atoms with Crippen molar-refractivity contribution in [3.05, 3.63) is 23.9 Å². The number of piperidine rings is 1. The Kier molecular flexibility index (Phi) is 5.46. The first-order valence-electron chi connectivity index (χ1n) is 9.26. The molecule has 7 heteroatoms. The van der Waals surface area contributed by atoms with Crippen molar-refractivity contribution in [2.24, 2.45) is 0 Å². The largest absolute Gasteiger partial charge is 0.444 e. The van der Waals surface area contributed by atoms with E-state index in [4.69, 9.17) is 4.74 Å². The highest BCUT2D eigenvalue weighted by Gasteiger charge is 2.24. The van der Waals surface area contributed by atoms with Crippen molar-refractivity contribution in [2.75, 3.05) is 31.1 Å². The highest BCUT2D eigenvalue weighted by molar-refractivity contribution is 5.72. The molecule has 1 aromatic rings. The molecule has 0 aliphatic carbocycles. The van der Waals surface area contributed by atoms with Gasteiger partial charge in [-0.2, -0.15) is 0 Å². The molecule has 26 heavy (non-hydrogen) atoms. The summed E-state index contributed by atoms with van der Waals surface area (Å²) in [6, 6.07) is 3.98. The van der Waals surface area contributed by atoms with E-state index in [-0.39, 0.29) is 12.2 Å². The van der Waals surface area contributed by atoms with Gasteiger partial charge in [-0.3, -0.25) is 0 Å².